The van der Waals surface area contributed by atoms with E-state index >= 15 is 4.79 Å². The van der Waals surface area contributed by atoms with Gasteiger partial charge >= 0.3 is 5.97 Å². The molecular weight excluding hydrogens is 1100 g/mol. The third kappa shape index (κ3) is 8.59. The van der Waals surface area contributed by atoms with E-state index in [1.165, 1.54) is 0 Å². The summed E-state index contributed by atoms with van der Waals surface area (Å²) in [6, 6.07) is -0.639. The molecule has 86 heavy (non-hydrogen) atoms. The molecule has 1 spiro atoms. The van der Waals surface area contributed by atoms with Crippen molar-refractivity contribution in [3.05, 3.63) is 41.9 Å². The maximum absolute atomic E-state index is 15.9. The molecule has 3 aliphatic heterocycles. The van der Waals surface area contributed by atoms with E-state index in [0.717, 1.165) is 43.4 Å². The van der Waals surface area contributed by atoms with Crippen LogP contribution in [0.5, 0.6) is 0 Å². The number of nitrogens with two attached hydrogens (primary N) is 1. The molecule has 474 valence electrons. The van der Waals surface area contributed by atoms with E-state index in [-0.39, 0.29) is 50.0 Å². The molecule has 21 heteroatoms. The lowest BCUT2D eigenvalue weighted by molar-refractivity contribution is -0.343. The van der Waals surface area contributed by atoms with Crippen LogP contribution in [0.15, 0.2) is 30.5 Å². The van der Waals surface area contributed by atoms with Crippen molar-refractivity contribution in [2.24, 2.45) is 103 Å². The number of imidazole rings is 2. The van der Waals surface area contributed by atoms with E-state index in [9.17, 15) is 50.8 Å². The first-order valence-corrected chi connectivity index (χ1v) is 32.6. The zero-order valence-corrected chi connectivity index (χ0v) is 50.7. The number of carbonyl (C=O) groups is 2. The summed E-state index contributed by atoms with van der Waals surface area (Å²) in [4.78, 5) is 46.6. The number of rotatable bonds is 13. The Morgan fingerprint density at radius 3 is 2.38 bits per heavy atom. The lowest BCUT2D eigenvalue weighted by atomic mass is 9.28. The molecule has 16 N–H and O–H groups in total. The summed E-state index contributed by atoms with van der Waals surface area (Å²) in [5.74, 6) is 1.25. The summed E-state index contributed by atoms with van der Waals surface area (Å²) in [5, 5.41) is 119. The van der Waals surface area contributed by atoms with Crippen LogP contribution < -0.4 is 21.7 Å². The molecule has 0 radical (unpaired) electrons. The number of anilines is 1. The number of aromatic nitrogens is 4. The first-order valence-electron chi connectivity index (χ1n) is 32.6. The first kappa shape index (κ1) is 60.9. The highest BCUT2D eigenvalue weighted by Gasteiger charge is 2.79. The minimum atomic E-state index is -1.71. The standard InChI is InChI=1S/C65H96N8O13/c1-59(28-74)18-19-65(58(83)84)40(23-59)36-20-32-13-14-33-10-9-16-64(33)38(47(73-57(64)82)46(43-26-67-30-70-43)48(77)35(54(66)81)24-68-34-11-7-6-8-12-34)21-39-49(78)53(86-56-51(80)50(79)44(76)27-85-56)60(2,29-75)45-15-17-61(3,52(32)62(39,45)4)63(36,5)37-22-42-55(72-31-71-42)69-25-41(37)65/h20,26,30-35,37-41,44-54,56,68-69,74-81H,6-12,15-19,21-25,27-29,66H2,1-5H3,(H,67,70)(H,71,72)(H,73,82)(H,83,84)/t32-,33-,35-,37-,38+,39-,40-,41+,44+,45+,46+,47-,48+,49+,50-,51+,52-,53+,54-,56-,59-,60-,61+,62-,63-,64+,65+/m0/s1. The van der Waals surface area contributed by atoms with Crippen LogP contribution in [0.1, 0.15) is 142 Å². The topological polar surface area (TPSA) is 354 Å². The summed E-state index contributed by atoms with van der Waals surface area (Å²) < 4.78 is 12.9. The number of ether oxygens (including phenoxy) is 2. The van der Waals surface area contributed by atoms with Crippen molar-refractivity contribution in [1.82, 2.24) is 30.6 Å². The summed E-state index contributed by atoms with van der Waals surface area (Å²) in [6.07, 6.45) is 5.60. The van der Waals surface area contributed by atoms with Gasteiger partial charge in [-0.2, -0.15) is 0 Å². The third-order valence-electron chi connectivity index (χ3n) is 27.0. The predicted octanol–water partition coefficient (Wildman–Crippen LogP) is 2.90. The Bertz CT molecular complexity index is 2970. The molecule has 8 fully saturated rings. The highest BCUT2D eigenvalue weighted by molar-refractivity contribution is 5.87. The van der Waals surface area contributed by atoms with Crippen molar-refractivity contribution in [1.29, 1.82) is 0 Å². The van der Waals surface area contributed by atoms with Crippen molar-refractivity contribution in [3.63, 3.8) is 0 Å². The van der Waals surface area contributed by atoms with Gasteiger partial charge < -0.3 is 87.1 Å². The number of H-pyrrole nitrogens is 2. The fraction of sp³-hybridized carbons (Fsp3) is 0.815. The molecule has 8 aliphatic carbocycles. The second kappa shape index (κ2) is 21.8. The maximum atomic E-state index is 15.9. The van der Waals surface area contributed by atoms with Gasteiger partial charge in [0.25, 0.3) is 0 Å². The number of carboxylic acids is 1. The number of hydrogen-bond acceptors (Lipinski definition) is 17. The lowest BCUT2D eigenvalue weighted by Crippen LogP contribution is -2.75. The molecule has 1 amide bonds. The van der Waals surface area contributed by atoms with Gasteiger partial charge in [0, 0.05) is 72.8 Å². The van der Waals surface area contributed by atoms with Crippen molar-refractivity contribution in [2.45, 2.75) is 198 Å². The fourth-order valence-electron chi connectivity index (χ4n) is 22.5. The van der Waals surface area contributed by atoms with E-state index in [2.05, 4.69) is 76.5 Å². The number of aliphatic hydroxyl groups is 8. The molecule has 2 saturated heterocycles. The van der Waals surface area contributed by atoms with Gasteiger partial charge in [-0.15, -0.1) is 0 Å². The number of hydrogen-bond donors (Lipinski definition) is 15. The number of carbonyl (C=O) groups excluding carboxylic acids is 1. The number of nitrogens with one attached hydrogen (secondary N) is 5. The van der Waals surface area contributed by atoms with Gasteiger partial charge in [0.1, 0.15) is 30.4 Å². The Morgan fingerprint density at radius 2 is 1.67 bits per heavy atom. The average Bonchev–Trinajstić information content (AvgIpc) is 0.876. The van der Waals surface area contributed by atoms with Crippen LogP contribution in [0.25, 0.3) is 0 Å². The van der Waals surface area contributed by atoms with Crippen LogP contribution in [0.4, 0.5) is 5.82 Å². The second-order valence-electron chi connectivity index (χ2n) is 30.4. The van der Waals surface area contributed by atoms with Gasteiger partial charge in [-0.1, -0.05) is 83.8 Å². The number of amides is 1. The average molecular weight is 1200 g/mol. The Kier molecular flexibility index (Phi) is 15.5. The number of nitrogens with zero attached hydrogens (tertiary/aromatic N) is 2. The Morgan fingerprint density at radius 1 is 0.895 bits per heavy atom. The molecule has 11 aliphatic rings. The molecule has 21 nitrogen and oxygen atoms in total. The minimum Gasteiger partial charge on any atom is -0.481 e. The van der Waals surface area contributed by atoms with Crippen LogP contribution >= 0.6 is 0 Å². The summed E-state index contributed by atoms with van der Waals surface area (Å²) in [6.45, 7) is 10.7. The van der Waals surface area contributed by atoms with Gasteiger partial charge in [-0.05, 0) is 134 Å². The predicted molar refractivity (Wildman–Crippen MR) is 313 cm³/mol. The van der Waals surface area contributed by atoms with E-state index in [4.69, 9.17) is 20.2 Å². The number of aliphatic hydroxyl groups excluding tert-OH is 8. The highest BCUT2D eigenvalue weighted by atomic mass is 16.7. The van der Waals surface area contributed by atoms with Crippen LogP contribution in [0, 0.1) is 109 Å². The number of aliphatic carboxylic acids is 1. The normalized spacial score (nSPS) is 48.2. The Labute approximate surface area is 504 Å². The first-order chi connectivity index (χ1) is 41.0. The van der Waals surface area contributed by atoms with Gasteiger partial charge in [0.2, 0.25) is 5.91 Å². The number of carboxylic acid groups (broad SMARTS) is 1. The van der Waals surface area contributed by atoms with Crippen LogP contribution in [-0.4, -0.2) is 172 Å². The van der Waals surface area contributed by atoms with Gasteiger partial charge in [-0.3, -0.25) is 9.59 Å². The minimum absolute atomic E-state index is 0.102. The smallest absolute Gasteiger partial charge is 0.310 e. The molecule has 0 aromatic carbocycles. The number of allylic oxidation sites excluding steroid dienone is 2. The lowest BCUT2D eigenvalue weighted by Gasteiger charge is -2.76. The van der Waals surface area contributed by atoms with Crippen molar-refractivity contribution < 1.29 is 65.0 Å². The van der Waals surface area contributed by atoms with E-state index in [1.54, 1.807) is 18.9 Å². The molecule has 27 atom stereocenters. The van der Waals surface area contributed by atoms with E-state index < -0.39 is 159 Å². The molecule has 0 bridgehead atoms. The van der Waals surface area contributed by atoms with Crippen LogP contribution in [0.3, 0.4) is 0 Å². The monoisotopic (exact) mass is 1200 g/mol. The van der Waals surface area contributed by atoms with Crippen molar-refractivity contribution >= 4 is 17.7 Å². The molecule has 6 saturated carbocycles. The zero-order valence-electron chi connectivity index (χ0n) is 50.7. The fourth-order valence-corrected chi connectivity index (χ4v) is 22.5. The summed E-state index contributed by atoms with van der Waals surface area (Å²) in [7, 11) is 0. The third-order valence-corrected chi connectivity index (χ3v) is 27.0. The molecule has 2 aromatic rings. The maximum Gasteiger partial charge on any atom is 0.310 e. The van der Waals surface area contributed by atoms with E-state index in [0.29, 0.717) is 75.8 Å². The van der Waals surface area contributed by atoms with Gasteiger partial charge in [0.15, 0.2) is 6.29 Å². The van der Waals surface area contributed by atoms with Gasteiger partial charge in [0.05, 0.1) is 60.7 Å². The quantitative estimate of drug-likeness (QED) is 0.0593. The molecule has 0 unspecified atom stereocenters. The van der Waals surface area contributed by atoms with Gasteiger partial charge in [-0.25, -0.2) is 9.97 Å². The molecule has 13 rings (SSSR count). The second-order valence-corrected chi connectivity index (χ2v) is 30.4. The highest BCUT2D eigenvalue weighted by Crippen LogP contribution is 2.80. The number of aromatic amines is 2. The van der Waals surface area contributed by atoms with Crippen LogP contribution in [0.2, 0.25) is 0 Å². The molecular formula is C65H96N8O13. The van der Waals surface area contributed by atoms with E-state index in [1.807, 2.05) is 6.92 Å². The molecule has 5 heterocycles. The summed E-state index contributed by atoms with van der Waals surface area (Å²) >= 11 is 0. The Balaban J connectivity index is 1.03. The van der Waals surface area contributed by atoms with Crippen LogP contribution in [-0.2, 0) is 25.5 Å². The summed E-state index contributed by atoms with van der Waals surface area (Å²) in [5.41, 5.74) is 2.34. The van der Waals surface area contributed by atoms with Crippen molar-refractivity contribution in [2.75, 3.05) is 38.2 Å². The molecule has 2 aromatic heterocycles. The SMILES string of the molecule is C[C@]1(CO)CC[C@]2(C(=O)O)[C@@H]3CNc4nc[nH]c4C[C@@H]3[C@]3(C)C(=C[C@@H]4C#C[C@@H]5CCC[C@@]56C(=O)N[C@H]([C@@H](c5cnc[nH]5)[C@H](O)[C@H](CNC5CCCCC5)[C@@H](N)O)[C@H]6C[C@H]5[C@@H](O)[C@@H](O[C@@H]6OC[C@@H](O)[C@H](O)[C@H]6O)[C@@](C)(CO)[C@H]6CC[C@]3(C)[C@H]4[C@]65C)[C@@H]2C1. The Hall–Kier alpha value is -4.02. The largest absolute Gasteiger partial charge is 0.481 e. The number of fused-ring (bicyclic) bond motifs is 8. The van der Waals surface area contributed by atoms with Crippen molar-refractivity contribution in [3.8, 4) is 11.8 Å². The zero-order chi connectivity index (χ0) is 60.8.